The topological polar surface area (TPSA) is 111 Å². The molecule has 0 bridgehead atoms. The van der Waals surface area contributed by atoms with Crippen molar-refractivity contribution < 1.29 is 23.1 Å². The van der Waals surface area contributed by atoms with Crippen LogP contribution in [-0.2, 0) is 4.79 Å². The van der Waals surface area contributed by atoms with E-state index >= 15 is 0 Å². The molecule has 1 amide bonds. The van der Waals surface area contributed by atoms with Crippen molar-refractivity contribution in [3.63, 3.8) is 0 Å². The third-order valence-corrected chi connectivity index (χ3v) is 4.34. The van der Waals surface area contributed by atoms with Crippen LogP contribution in [0.25, 0.3) is 5.57 Å². The van der Waals surface area contributed by atoms with Gasteiger partial charge in [0.1, 0.15) is 24.6 Å². The largest absolute Gasteiger partial charge is 0.405 e. The molecule has 8 nitrogen and oxygen atoms in total. The maximum Gasteiger partial charge on any atom is 0.405 e. The van der Waals surface area contributed by atoms with Gasteiger partial charge in [-0.3, -0.25) is 4.79 Å². The summed E-state index contributed by atoms with van der Waals surface area (Å²) in [5, 5.41) is 20.9. The van der Waals surface area contributed by atoms with Gasteiger partial charge in [0.05, 0.1) is 11.1 Å². The molecular formula is C17H18ClF3N6O2. The third kappa shape index (κ3) is 5.18. The van der Waals surface area contributed by atoms with Gasteiger partial charge >= 0.3 is 6.18 Å². The average Bonchev–Trinajstić information content (AvgIpc) is 3.06. The van der Waals surface area contributed by atoms with Gasteiger partial charge in [-0.05, 0) is 19.1 Å². The molecule has 29 heavy (non-hydrogen) atoms. The van der Waals surface area contributed by atoms with Gasteiger partial charge in [-0.25, -0.2) is 9.97 Å². The second-order valence-corrected chi connectivity index (χ2v) is 6.85. The first-order valence-electron chi connectivity index (χ1n) is 8.56. The molecule has 3 atom stereocenters. The number of dihydropyridines is 1. The van der Waals surface area contributed by atoms with Gasteiger partial charge in [-0.15, -0.1) is 0 Å². The Morgan fingerprint density at radius 3 is 2.79 bits per heavy atom. The Kier molecular flexibility index (Phi) is 5.99. The molecule has 0 saturated carbocycles. The minimum atomic E-state index is -4.56. The Hall–Kier alpha value is -2.79. The SMILES string of the molecule is C[C@H](O)[C@@H](Nc1ccnc(C2=CNC3NC=C(Cl)C=C23)n1)C(=O)NCC(F)(F)F. The summed E-state index contributed by atoms with van der Waals surface area (Å²) in [6.07, 6.45) is 0.510. The van der Waals surface area contributed by atoms with Crippen molar-refractivity contribution in [3.05, 3.63) is 47.2 Å². The van der Waals surface area contributed by atoms with E-state index < -0.39 is 30.8 Å². The van der Waals surface area contributed by atoms with E-state index in [0.29, 0.717) is 16.4 Å². The van der Waals surface area contributed by atoms with E-state index in [2.05, 4.69) is 25.9 Å². The molecule has 1 unspecified atom stereocenters. The molecule has 0 aliphatic carbocycles. The highest BCUT2D eigenvalue weighted by Crippen LogP contribution is 2.30. The molecule has 2 aliphatic heterocycles. The van der Waals surface area contributed by atoms with E-state index in [1.54, 1.807) is 23.8 Å². The van der Waals surface area contributed by atoms with Crippen LogP contribution < -0.4 is 21.3 Å². The number of aliphatic hydroxyl groups excluding tert-OH is 1. The number of carbonyl (C=O) groups excluding carboxylic acids is 1. The van der Waals surface area contributed by atoms with E-state index in [0.717, 1.165) is 5.57 Å². The van der Waals surface area contributed by atoms with Crippen LogP contribution in [0.15, 0.2) is 41.3 Å². The summed E-state index contributed by atoms with van der Waals surface area (Å²) in [6.45, 7) is -0.213. The van der Waals surface area contributed by atoms with Gasteiger partial charge in [-0.2, -0.15) is 13.2 Å². The van der Waals surface area contributed by atoms with Crippen LogP contribution in [0.2, 0.25) is 0 Å². The van der Waals surface area contributed by atoms with Gasteiger partial charge in [0.25, 0.3) is 0 Å². The van der Waals surface area contributed by atoms with Gasteiger partial charge in [0.2, 0.25) is 5.91 Å². The standard InChI is InChI=1S/C17H18ClF3N6O2/c1-8(28)13(16(29)25-7-17(19,20)21)26-12-2-3-22-15(27-12)11-6-24-14-10(11)4-9(18)5-23-14/h2-6,8,13-14,23-24,28H,7H2,1H3,(H,25,29)(H,22,26,27)/t8-,13+,14?/m0/s1. The molecular weight excluding hydrogens is 413 g/mol. The van der Waals surface area contributed by atoms with Crippen molar-refractivity contribution in [1.82, 2.24) is 25.9 Å². The molecule has 3 rings (SSSR count). The summed E-state index contributed by atoms with van der Waals surface area (Å²) in [5.41, 5.74) is 1.47. The second kappa shape index (κ2) is 8.29. The fourth-order valence-electron chi connectivity index (χ4n) is 2.77. The zero-order chi connectivity index (χ0) is 21.2. The number of aromatic nitrogens is 2. The smallest absolute Gasteiger partial charge is 0.391 e. The summed E-state index contributed by atoms with van der Waals surface area (Å²) < 4.78 is 37.0. The van der Waals surface area contributed by atoms with Crippen LogP contribution in [-0.4, -0.2) is 52.0 Å². The molecule has 12 heteroatoms. The quantitative estimate of drug-likeness (QED) is 0.461. The monoisotopic (exact) mass is 430 g/mol. The maximum absolute atomic E-state index is 12.3. The number of halogens is 4. The zero-order valence-electron chi connectivity index (χ0n) is 15.1. The molecule has 2 aliphatic rings. The maximum atomic E-state index is 12.3. The second-order valence-electron chi connectivity index (χ2n) is 6.41. The van der Waals surface area contributed by atoms with Crippen LogP contribution >= 0.6 is 11.6 Å². The van der Waals surface area contributed by atoms with Crippen LogP contribution in [0.1, 0.15) is 12.7 Å². The number of anilines is 1. The third-order valence-electron chi connectivity index (χ3n) is 4.13. The Bertz CT molecular complexity index is 884. The molecule has 5 N–H and O–H groups in total. The number of nitrogens with zero attached hydrogens (tertiary/aromatic N) is 2. The Morgan fingerprint density at radius 1 is 1.38 bits per heavy atom. The van der Waals surface area contributed by atoms with Crippen molar-refractivity contribution in [1.29, 1.82) is 0 Å². The Labute approximate surface area is 168 Å². The van der Waals surface area contributed by atoms with E-state index in [1.807, 2.05) is 0 Å². The molecule has 0 fully saturated rings. The van der Waals surface area contributed by atoms with Gasteiger partial charge in [-0.1, -0.05) is 11.6 Å². The lowest BCUT2D eigenvalue weighted by Gasteiger charge is -2.22. The number of fused-ring (bicyclic) bond motifs is 1. The minimum absolute atomic E-state index is 0.165. The first-order valence-corrected chi connectivity index (χ1v) is 8.94. The Morgan fingerprint density at radius 2 is 2.10 bits per heavy atom. The van der Waals surface area contributed by atoms with Crippen LogP contribution in [0.4, 0.5) is 19.0 Å². The first kappa shape index (κ1) is 20.9. The number of hydrogen-bond acceptors (Lipinski definition) is 7. The first-order chi connectivity index (χ1) is 13.6. The normalized spacial score (nSPS) is 20.2. The zero-order valence-corrected chi connectivity index (χ0v) is 15.8. The van der Waals surface area contributed by atoms with Crippen molar-refractivity contribution in [2.75, 3.05) is 11.9 Å². The minimum Gasteiger partial charge on any atom is -0.391 e. The van der Waals surface area contributed by atoms with Gasteiger partial charge in [0.15, 0.2) is 5.82 Å². The highest BCUT2D eigenvalue weighted by molar-refractivity contribution is 6.31. The van der Waals surface area contributed by atoms with E-state index in [1.165, 1.54) is 19.2 Å². The van der Waals surface area contributed by atoms with Crippen molar-refractivity contribution in [2.45, 2.75) is 31.4 Å². The molecule has 1 aromatic rings. The summed E-state index contributed by atoms with van der Waals surface area (Å²) >= 11 is 6.03. The number of rotatable bonds is 6. The summed E-state index contributed by atoms with van der Waals surface area (Å²) in [6, 6.07) is 0.105. The molecule has 0 radical (unpaired) electrons. The molecule has 0 aromatic carbocycles. The highest BCUT2D eigenvalue weighted by Gasteiger charge is 2.32. The van der Waals surface area contributed by atoms with Crippen molar-refractivity contribution in [3.8, 4) is 0 Å². The van der Waals surface area contributed by atoms with Gasteiger partial charge in [0, 0.05) is 29.7 Å². The number of allylic oxidation sites excluding steroid dienone is 2. The number of aliphatic hydroxyl groups is 1. The number of carbonyl (C=O) groups is 1. The van der Waals surface area contributed by atoms with Crippen LogP contribution in [0.5, 0.6) is 0 Å². The lowest BCUT2D eigenvalue weighted by molar-refractivity contribution is -0.140. The summed E-state index contributed by atoms with van der Waals surface area (Å²) in [7, 11) is 0. The van der Waals surface area contributed by atoms with Crippen LogP contribution in [0, 0.1) is 0 Å². The number of hydrogen-bond donors (Lipinski definition) is 5. The predicted octanol–water partition coefficient (Wildman–Crippen LogP) is 1.20. The lowest BCUT2D eigenvalue weighted by Crippen LogP contribution is -2.48. The molecule has 3 heterocycles. The summed E-state index contributed by atoms with van der Waals surface area (Å²) in [5.74, 6) is -0.529. The molecule has 0 spiro atoms. The van der Waals surface area contributed by atoms with Crippen molar-refractivity contribution >= 4 is 28.9 Å². The van der Waals surface area contributed by atoms with E-state index in [4.69, 9.17) is 11.6 Å². The lowest BCUT2D eigenvalue weighted by atomic mass is 10.0. The van der Waals surface area contributed by atoms with E-state index in [-0.39, 0.29) is 12.0 Å². The predicted molar refractivity (Wildman–Crippen MR) is 100 cm³/mol. The van der Waals surface area contributed by atoms with Crippen molar-refractivity contribution in [2.24, 2.45) is 0 Å². The number of nitrogens with one attached hydrogen (secondary N) is 4. The number of alkyl halides is 3. The van der Waals surface area contributed by atoms with E-state index in [9.17, 15) is 23.1 Å². The average molecular weight is 431 g/mol. The summed E-state index contributed by atoms with van der Waals surface area (Å²) in [4.78, 5) is 20.6. The van der Waals surface area contributed by atoms with Gasteiger partial charge < -0.3 is 26.4 Å². The number of amides is 1. The fourth-order valence-corrected chi connectivity index (χ4v) is 2.95. The van der Waals surface area contributed by atoms with Crippen LogP contribution in [0.3, 0.4) is 0 Å². The molecule has 0 saturated heterocycles. The molecule has 1 aromatic heterocycles. The Balaban J connectivity index is 1.76. The highest BCUT2D eigenvalue weighted by atomic mass is 35.5. The molecule has 156 valence electrons. The fraction of sp³-hybridized carbons (Fsp3) is 0.353.